The highest BCUT2D eigenvalue weighted by Crippen LogP contribution is 2.24. The lowest BCUT2D eigenvalue weighted by Gasteiger charge is -2.14. The first-order valence-corrected chi connectivity index (χ1v) is 5.24. The lowest BCUT2D eigenvalue weighted by Crippen LogP contribution is -2.30. The van der Waals surface area contributed by atoms with E-state index in [9.17, 15) is 8.78 Å². The van der Waals surface area contributed by atoms with Crippen molar-refractivity contribution >= 4 is 11.5 Å². The largest absolute Gasteiger partial charge is 0.271 e. The molecule has 1 atom stereocenters. The van der Waals surface area contributed by atoms with Gasteiger partial charge >= 0.3 is 0 Å². The number of nitrogens with two attached hydrogens (primary N) is 1. The van der Waals surface area contributed by atoms with Crippen LogP contribution in [0.15, 0.2) is 23.6 Å². The van der Waals surface area contributed by atoms with Crippen molar-refractivity contribution < 1.29 is 8.78 Å². The average molecular weight is 242 g/mol. The minimum Gasteiger partial charge on any atom is -0.271 e. The molecule has 7 heteroatoms. The van der Waals surface area contributed by atoms with Gasteiger partial charge in [-0.05, 0) is 17.6 Å². The second kappa shape index (κ2) is 4.60. The molecule has 1 aromatic carbocycles. The van der Waals surface area contributed by atoms with Gasteiger partial charge in [0, 0.05) is 10.9 Å². The number of rotatable bonds is 3. The zero-order valence-corrected chi connectivity index (χ0v) is 8.84. The average Bonchev–Trinajstić information content (AvgIpc) is 2.79. The smallest absolute Gasteiger partial charge is 0.164 e. The molecule has 16 heavy (non-hydrogen) atoms. The van der Waals surface area contributed by atoms with Crippen molar-refractivity contribution in [2.24, 2.45) is 5.84 Å². The molecule has 0 amide bonds. The summed E-state index contributed by atoms with van der Waals surface area (Å²) in [6, 6.07) is 3.21. The van der Waals surface area contributed by atoms with Crippen LogP contribution in [0.2, 0.25) is 0 Å². The van der Waals surface area contributed by atoms with E-state index in [1.54, 1.807) is 5.38 Å². The van der Waals surface area contributed by atoms with Gasteiger partial charge in [-0.1, -0.05) is 16.6 Å². The van der Waals surface area contributed by atoms with Crippen molar-refractivity contribution in [1.82, 2.24) is 15.0 Å². The number of hydrazine groups is 1. The van der Waals surface area contributed by atoms with Crippen LogP contribution in [0.4, 0.5) is 8.78 Å². The fourth-order valence-electron chi connectivity index (χ4n) is 1.38. The predicted molar refractivity (Wildman–Crippen MR) is 55.4 cm³/mol. The molecular weight excluding hydrogens is 234 g/mol. The standard InChI is InChI=1S/C9H8F2N4S/c10-6-3-1-2-5(8(6)11)9(13-12)7-4-16-15-14-7/h1-4,9,13H,12H2. The molecule has 0 aliphatic heterocycles. The molecule has 2 rings (SSSR count). The third-order valence-electron chi connectivity index (χ3n) is 2.13. The second-order valence-electron chi connectivity index (χ2n) is 3.07. The number of aromatic nitrogens is 2. The van der Waals surface area contributed by atoms with Crippen LogP contribution in [-0.2, 0) is 0 Å². The van der Waals surface area contributed by atoms with Crippen LogP contribution in [0.3, 0.4) is 0 Å². The van der Waals surface area contributed by atoms with Crippen molar-refractivity contribution in [2.75, 3.05) is 0 Å². The fraction of sp³-hybridized carbons (Fsp3) is 0.111. The molecule has 0 radical (unpaired) electrons. The maximum Gasteiger partial charge on any atom is 0.164 e. The molecule has 0 saturated heterocycles. The Morgan fingerprint density at radius 1 is 1.38 bits per heavy atom. The van der Waals surface area contributed by atoms with Gasteiger partial charge in [-0.25, -0.2) is 14.2 Å². The topological polar surface area (TPSA) is 63.8 Å². The molecule has 2 aromatic rings. The van der Waals surface area contributed by atoms with E-state index in [1.165, 1.54) is 12.1 Å². The van der Waals surface area contributed by atoms with Crippen LogP contribution in [-0.4, -0.2) is 9.59 Å². The summed E-state index contributed by atoms with van der Waals surface area (Å²) in [4.78, 5) is 0. The minimum atomic E-state index is -0.932. The molecule has 0 bridgehead atoms. The number of hydrogen-bond donors (Lipinski definition) is 2. The first-order chi connectivity index (χ1) is 7.74. The second-order valence-corrected chi connectivity index (χ2v) is 3.68. The Bertz CT molecular complexity index is 474. The number of nitrogens with zero attached hydrogens (tertiary/aromatic N) is 2. The monoisotopic (exact) mass is 242 g/mol. The highest BCUT2D eigenvalue weighted by atomic mass is 32.1. The highest BCUT2D eigenvalue weighted by Gasteiger charge is 2.20. The van der Waals surface area contributed by atoms with Crippen molar-refractivity contribution in [2.45, 2.75) is 6.04 Å². The van der Waals surface area contributed by atoms with Crippen LogP contribution in [0, 0.1) is 11.6 Å². The van der Waals surface area contributed by atoms with Gasteiger partial charge in [0.25, 0.3) is 0 Å². The van der Waals surface area contributed by atoms with Gasteiger partial charge in [-0.15, -0.1) is 5.10 Å². The van der Waals surface area contributed by atoms with Crippen molar-refractivity contribution in [1.29, 1.82) is 0 Å². The molecule has 1 unspecified atom stereocenters. The lowest BCUT2D eigenvalue weighted by molar-refractivity contribution is 0.481. The van der Waals surface area contributed by atoms with Gasteiger partial charge in [0.05, 0.1) is 11.7 Å². The number of hydrogen-bond acceptors (Lipinski definition) is 5. The Kier molecular flexibility index (Phi) is 3.18. The van der Waals surface area contributed by atoms with Crippen molar-refractivity contribution in [3.05, 3.63) is 46.5 Å². The van der Waals surface area contributed by atoms with Gasteiger partial charge in [-0.2, -0.15) is 0 Å². The summed E-state index contributed by atoms with van der Waals surface area (Å²) in [5, 5.41) is 5.39. The fourth-order valence-corrected chi connectivity index (χ4v) is 1.86. The van der Waals surface area contributed by atoms with Crippen LogP contribution >= 0.6 is 11.5 Å². The number of halogens is 2. The van der Waals surface area contributed by atoms with E-state index in [-0.39, 0.29) is 5.56 Å². The first kappa shape index (κ1) is 11.1. The summed E-state index contributed by atoms with van der Waals surface area (Å²) in [6.45, 7) is 0. The summed E-state index contributed by atoms with van der Waals surface area (Å²) in [6.07, 6.45) is 0. The first-order valence-electron chi connectivity index (χ1n) is 4.41. The lowest BCUT2D eigenvalue weighted by atomic mass is 10.0. The van der Waals surface area contributed by atoms with Crippen molar-refractivity contribution in [3.8, 4) is 0 Å². The molecule has 0 aliphatic rings. The molecule has 1 aromatic heterocycles. The Balaban J connectivity index is 2.45. The molecule has 0 fully saturated rings. The minimum absolute atomic E-state index is 0.107. The Morgan fingerprint density at radius 3 is 2.81 bits per heavy atom. The molecule has 4 nitrogen and oxygen atoms in total. The van der Waals surface area contributed by atoms with E-state index >= 15 is 0 Å². The molecule has 0 saturated carbocycles. The number of benzene rings is 1. The quantitative estimate of drug-likeness (QED) is 0.630. The summed E-state index contributed by atoms with van der Waals surface area (Å²) in [5.74, 6) is 3.46. The summed E-state index contributed by atoms with van der Waals surface area (Å²) in [7, 11) is 0. The molecule has 3 N–H and O–H groups in total. The van der Waals surface area contributed by atoms with Crippen molar-refractivity contribution in [3.63, 3.8) is 0 Å². The maximum atomic E-state index is 13.5. The molecule has 1 heterocycles. The zero-order valence-electron chi connectivity index (χ0n) is 8.02. The van der Waals surface area contributed by atoms with Gasteiger partial charge in [0.15, 0.2) is 11.6 Å². The van der Waals surface area contributed by atoms with Crippen LogP contribution in [0.5, 0.6) is 0 Å². The van der Waals surface area contributed by atoms with Gasteiger partial charge < -0.3 is 0 Å². The van der Waals surface area contributed by atoms with E-state index in [0.29, 0.717) is 5.69 Å². The Morgan fingerprint density at radius 2 is 2.19 bits per heavy atom. The SMILES string of the molecule is NNC(c1csnn1)c1cccc(F)c1F. The maximum absolute atomic E-state index is 13.5. The van der Waals surface area contributed by atoms with Gasteiger partial charge in [-0.3, -0.25) is 5.84 Å². The summed E-state index contributed by atoms with van der Waals surface area (Å²) >= 11 is 1.12. The molecule has 84 valence electrons. The van der Waals surface area contributed by atoms with E-state index < -0.39 is 17.7 Å². The number of nitrogens with one attached hydrogen (secondary N) is 1. The Labute approximate surface area is 94.2 Å². The summed E-state index contributed by atoms with van der Waals surface area (Å²) in [5.41, 5.74) is 2.95. The third-order valence-corrected chi connectivity index (χ3v) is 2.65. The van der Waals surface area contributed by atoms with Crippen LogP contribution in [0.1, 0.15) is 17.3 Å². The van der Waals surface area contributed by atoms with Crippen LogP contribution < -0.4 is 11.3 Å². The third kappa shape index (κ3) is 1.92. The van der Waals surface area contributed by atoms with Gasteiger partial charge in [0.1, 0.15) is 0 Å². The summed E-state index contributed by atoms with van der Waals surface area (Å²) < 4.78 is 30.2. The van der Waals surface area contributed by atoms with E-state index in [4.69, 9.17) is 5.84 Å². The van der Waals surface area contributed by atoms with E-state index in [2.05, 4.69) is 15.0 Å². The van der Waals surface area contributed by atoms with E-state index in [1.807, 2.05) is 0 Å². The van der Waals surface area contributed by atoms with E-state index in [0.717, 1.165) is 17.6 Å². The highest BCUT2D eigenvalue weighted by molar-refractivity contribution is 7.03. The Hall–Kier alpha value is -1.44. The van der Waals surface area contributed by atoms with Gasteiger partial charge in [0.2, 0.25) is 0 Å². The molecular formula is C9H8F2N4S. The predicted octanol–water partition coefficient (Wildman–Crippen LogP) is 1.37. The molecule has 0 spiro atoms. The normalized spacial score (nSPS) is 12.7. The molecule has 0 aliphatic carbocycles. The zero-order chi connectivity index (χ0) is 11.5. The van der Waals surface area contributed by atoms with Crippen LogP contribution in [0.25, 0.3) is 0 Å².